The number of nitrogens with one attached hydrogen (secondary N) is 2. The Bertz CT molecular complexity index is 850. The van der Waals surface area contributed by atoms with Gasteiger partial charge in [-0.3, -0.25) is 9.59 Å². The minimum atomic E-state index is -0.185. The van der Waals surface area contributed by atoms with Crippen molar-refractivity contribution in [2.75, 3.05) is 0 Å². The standard InChI is InChI=1S/C24H33N3O3S/c1-3-4-5-10-22(28)25-19-8-6-7-9-20(19)27-24(29)21-16-31-23(26-21)15-30-18-13-11-17(2)12-14-18/h11-14,16,19-20H,3-10,15H2,1-2H3,(H,25,28)(H,27,29). The van der Waals surface area contributed by atoms with E-state index < -0.39 is 0 Å². The molecule has 0 aliphatic heterocycles. The molecule has 3 rings (SSSR count). The van der Waals surface area contributed by atoms with Crippen LogP contribution in [0.4, 0.5) is 0 Å². The number of hydrogen-bond donors (Lipinski definition) is 2. The van der Waals surface area contributed by atoms with Crippen molar-refractivity contribution in [2.45, 2.75) is 83.9 Å². The maximum atomic E-state index is 12.8. The van der Waals surface area contributed by atoms with Crippen LogP contribution >= 0.6 is 11.3 Å². The van der Waals surface area contributed by atoms with Crippen molar-refractivity contribution in [3.05, 3.63) is 45.9 Å². The highest BCUT2D eigenvalue weighted by atomic mass is 32.1. The summed E-state index contributed by atoms with van der Waals surface area (Å²) in [6, 6.07) is 7.80. The molecular weight excluding hydrogens is 410 g/mol. The average Bonchev–Trinajstić information content (AvgIpc) is 3.24. The van der Waals surface area contributed by atoms with Gasteiger partial charge in [0, 0.05) is 23.9 Å². The van der Waals surface area contributed by atoms with Crippen molar-refractivity contribution in [1.82, 2.24) is 15.6 Å². The molecular formula is C24H33N3O3S. The van der Waals surface area contributed by atoms with E-state index in [0.717, 1.165) is 55.7 Å². The molecule has 2 N–H and O–H groups in total. The van der Waals surface area contributed by atoms with Crippen molar-refractivity contribution in [1.29, 1.82) is 0 Å². The maximum Gasteiger partial charge on any atom is 0.271 e. The zero-order valence-corrected chi connectivity index (χ0v) is 19.3. The Labute approximate surface area is 188 Å². The second-order valence-electron chi connectivity index (χ2n) is 8.22. The zero-order valence-electron chi connectivity index (χ0n) is 18.5. The largest absolute Gasteiger partial charge is 0.486 e. The molecule has 2 aromatic rings. The number of aryl methyl sites for hydroxylation is 1. The predicted octanol–water partition coefficient (Wildman–Crippen LogP) is 4.77. The van der Waals surface area contributed by atoms with Crippen LogP contribution in [0.3, 0.4) is 0 Å². The van der Waals surface area contributed by atoms with Crippen LogP contribution in [-0.2, 0) is 11.4 Å². The third-order valence-electron chi connectivity index (χ3n) is 5.60. The quantitative estimate of drug-likeness (QED) is 0.519. The van der Waals surface area contributed by atoms with Crippen molar-refractivity contribution >= 4 is 23.2 Å². The number of carbonyl (C=O) groups excluding carboxylic acids is 2. The summed E-state index contributed by atoms with van der Waals surface area (Å²) in [6.45, 7) is 4.49. The Morgan fingerprint density at radius 3 is 2.52 bits per heavy atom. The first-order chi connectivity index (χ1) is 15.0. The number of aromatic nitrogens is 1. The maximum absolute atomic E-state index is 12.8. The Hall–Kier alpha value is -2.41. The fourth-order valence-electron chi connectivity index (χ4n) is 3.79. The normalized spacial score (nSPS) is 18.4. The molecule has 0 radical (unpaired) electrons. The SMILES string of the molecule is CCCCCC(=O)NC1CCCCC1NC(=O)c1csc(COc2ccc(C)cc2)n1. The summed E-state index contributed by atoms with van der Waals surface area (Å²) < 4.78 is 5.76. The van der Waals surface area contributed by atoms with Crippen LogP contribution in [-0.4, -0.2) is 28.9 Å². The molecule has 2 atom stereocenters. The van der Waals surface area contributed by atoms with Gasteiger partial charge in [0.15, 0.2) is 0 Å². The summed E-state index contributed by atoms with van der Waals surface area (Å²) in [4.78, 5) is 29.4. The molecule has 1 aromatic carbocycles. The number of benzene rings is 1. The molecule has 1 aromatic heterocycles. The number of carbonyl (C=O) groups is 2. The Morgan fingerprint density at radius 1 is 1.10 bits per heavy atom. The topological polar surface area (TPSA) is 80.3 Å². The van der Waals surface area contributed by atoms with E-state index in [1.54, 1.807) is 5.38 Å². The molecule has 6 nitrogen and oxygen atoms in total. The highest BCUT2D eigenvalue weighted by Crippen LogP contribution is 2.20. The lowest BCUT2D eigenvalue weighted by Gasteiger charge is -2.32. The van der Waals surface area contributed by atoms with Gasteiger partial charge in [-0.2, -0.15) is 0 Å². The summed E-state index contributed by atoms with van der Waals surface area (Å²) in [5.74, 6) is 0.685. The molecule has 1 heterocycles. The third-order valence-corrected chi connectivity index (χ3v) is 6.43. The molecule has 1 fully saturated rings. The second kappa shape index (κ2) is 11.8. The molecule has 168 valence electrons. The molecule has 1 aliphatic carbocycles. The summed E-state index contributed by atoms with van der Waals surface area (Å²) in [6.07, 6.45) is 7.54. The van der Waals surface area contributed by atoms with Gasteiger partial charge >= 0.3 is 0 Å². The lowest BCUT2D eigenvalue weighted by molar-refractivity contribution is -0.122. The van der Waals surface area contributed by atoms with E-state index >= 15 is 0 Å². The number of amides is 2. The fraction of sp³-hybridized carbons (Fsp3) is 0.542. The van der Waals surface area contributed by atoms with E-state index in [1.807, 2.05) is 31.2 Å². The van der Waals surface area contributed by atoms with Gasteiger partial charge in [0.1, 0.15) is 23.1 Å². The average molecular weight is 444 g/mol. The highest BCUT2D eigenvalue weighted by molar-refractivity contribution is 7.09. The number of thiazole rings is 1. The number of ether oxygens (including phenoxy) is 1. The smallest absolute Gasteiger partial charge is 0.271 e. The summed E-state index contributed by atoms with van der Waals surface area (Å²) >= 11 is 1.42. The van der Waals surface area contributed by atoms with Crippen LogP contribution in [0.2, 0.25) is 0 Å². The van der Waals surface area contributed by atoms with Crippen LogP contribution in [0.5, 0.6) is 5.75 Å². The highest BCUT2D eigenvalue weighted by Gasteiger charge is 2.28. The van der Waals surface area contributed by atoms with Crippen LogP contribution in [0.25, 0.3) is 0 Å². The lowest BCUT2D eigenvalue weighted by Crippen LogP contribution is -2.53. The van der Waals surface area contributed by atoms with Gasteiger partial charge in [-0.05, 0) is 38.3 Å². The van der Waals surface area contributed by atoms with Gasteiger partial charge in [-0.15, -0.1) is 11.3 Å². The molecule has 31 heavy (non-hydrogen) atoms. The van der Waals surface area contributed by atoms with E-state index in [1.165, 1.54) is 16.9 Å². The van der Waals surface area contributed by atoms with Crippen molar-refractivity contribution in [3.63, 3.8) is 0 Å². The summed E-state index contributed by atoms with van der Waals surface area (Å²) in [5, 5.41) is 8.77. The van der Waals surface area contributed by atoms with Crippen LogP contribution in [0, 0.1) is 6.92 Å². The molecule has 0 saturated heterocycles. The number of rotatable bonds is 10. The number of nitrogens with zero attached hydrogens (tertiary/aromatic N) is 1. The fourth-order valence-corrected chi connectivity index (χ4v) is 4.48. The Morgan fingerprint density at radius 2 is 1.81 bits per heavy atom. The first-order valence-electron chi connectivity index (χ1n) is 11.3. The second-order valence-corrected chi connectivity index (χ2v) is 9.17. The first-order valence-corrected chi connectivity index (χ1v) is 12.2. The van der Waals surface area contributed by atoms with Crippen molar-refractivity contribution in [3.8, 4) is 5.75 Å². The number of hydrogen-bond acceptors (Lipinski definition) is 5. The molecule has 1 saturated carbocycles. The predicted molar refractivity (Wildman–Crippen MR) is 123 cm³/mol. The molecule has 0 spiro atoms. The minimum absolute atomic E-state index is 0.00481. The van der Waals surface area contributed by atoms with Gasteiger partial charge in [0.05, 0.1) is 0 Å². The molecule has 2 amide bonds. The lowest BCUT2D eigenvalue weighted by atomic mass is 9.90. The molecule has 7 heteroatoms. The van der Waals surface area contributed by atoms with Crippen molar-refractivity contribution < 1.29 is 14.3 Å². The van der Waals surface area contributed by atoms with E-state index in [2.05, 4.69) is 22.5 Å². The zero-order chi connectivity index (χ0) is 22.1. The van der Waals surface area contributed by atoms with Gasteiger partial charge in [-0.1, -0.05) is 50.3 Å². The Balaban J connectivity index is 1.50. The summed E-state index contributed by atoms with van der Waals surface area (Å²) in [5.41, 5.74) is 1.59. The van der Waals surface area contributed by atoms with E-state index in [9.17, 15) is 9.59 Å². The Kier molecular flexibility index (Phi) is 8.88. The van der Waals surface area contributed by atoms with E-state index in [0.29, 0.717) is 18.7 Å². The third kappa shape index (κ3) is 7.35. The van der Waals surface area contributed by atoms with Crippen molar-refractivity contribution in [2.24, 2.45) is 0 Å². The van der Waals surface area contributed by atoms with Crippen LogP contribution < -0.4 is 15.4 Å². The number of unbranched alkanes of at least 4 members (excludes halogenated alkanes) is 2. The van der Waals surface area contributed by atoms with E-state index in [4.69, 9.17) is 4.74 Å². The van der Waals surface area contributed by atoms with Crippen LogP contribution in [0.15, 0.2) is 29.6 Å². The first kappa shape index (κ1) is 23.3. The molecule has 2 unspecified atom stereocenters. The molecule has 1 aliphatic rings. The van der Waals surface area contributed by atoms with Gasteiger partial charge in [0.25, 0.3) is 5.91 Å². The van der Waals surface area contributed by atoms with E-state index in [-0.39, 0.29) is 23.9 Å². The molecule has 0 bridgehead atoms. The monoisotopic (exact) mass is 443 g/mol. The van der Waals surface area contributed by atoms with Gasteiger partial charge < -0.3 is 15.4 Å². The van der Waals surface area contributed by atoms with Gasteiger partial charge in [-0.25, -0.2) is 4.98 Å². The van der Waals surface area contributed by atoms with Crippen LogP contribution in [0.1, 0.15) is 79.3 Å². The minimum Gasteiger partial charge on any atom is -0.486 e. The summed E-state index contributed by atoms with van der Waals surface area (Å²) in [7, 11) is 0. The van der Waals surface area contributed by atoms with Gasteiger partial charge in [0.2, 0.25) is 5.91 Å².